The number of nitrogens with two attached hydrogens (primary N) is 1. The van der Waals surface area contributed by atoms with Gasteiger partial charge in [0.05, 0.1) is 6.04 Å². The molecule has 4 atom stereocenters. The van der Waals surface area contributed by atoms with Crippen molar-refractivity contribution in [2.45, 2.75) is 56.3 Å². The lowest BCUT2D eigenvalue weighted by molar-refractivity contribution is -0.144. The van der Waals surface area contributed by atoms with Crippen LogP contribution < -0.4 is 16.4 Å². The predicted octanol–water partition coefficient (Wildman–Crippen LogP) is 2.27. The number of nitrogens with one attached hydrogen (secondary N) is 3. The maximum absolute atomic E-state index is 14.1. The summed E-state index contributed by atoms with van der Waals surface area (Å²) in [5.74, 6) is -2.60. The maximum Gasteiger partial charge on any atom is 0.326 e. The van der Waals surface area contributed by atoms with Gasteiger partial charge in [0.15, 0.2) is 0 Å². The van der Waals surface area contributed by atoms with Gasteiger partial charge in [-0.3, -0.25) is 14.4 Å². The molecule has 0 spiro atoms. The molecule has 1 aliphatic heterocycles. The number of aromatic hydroxyl groups is 1. The van der Waals surface area contributed by atoms with Gasteiger partial charge in [0.1, 0.15) is 23.9 Å². The number of phenolic OH excluding ortho intramolecular Hbond substituents is 1. The number of nitrogens with zero attached hydrogens (tertiary/aromatic N) is 1. The van der Waals surface area contributed by atoms with E-state index in [2.05, 4.69) is 15.6 Å². The van der Waals surface area contributed by atoms with E-state index < -0.39 is 47.9 Å². The highest BCUT2D eigenvalue weighted by molar-refractivity contribution is 5.95. The van der Waals surface area contributed by atoms with Crippen LogP contribution in [0.25, 0.3) is 10.9 Å². The molecule has 234 valence electrons. The molecule has 11 nitrogen and oxygen atoms in total. The molecule has 0 bridgehead atoms. The number of aliphatic carboxylic acids is 1. The first-order valence-corrected chi connectivity index (χ1v) is 15.0. The van der Waals surface area contributed by atoms with E-state index in [1.54, 1.807) is 42.6 Å². The molecule has 3 amide bonds. The molecule has 5 rings (SSSR count). The van der Waals surface area contributed by atoms with E-state index in [1.165, 1.54) is 17.0 Å². The van der Waals surface area contributed by atoms with Crippen LogP contribution in [-0.2, 0) is 38.4 Å². The number of phenols is 1. The molecule has 0 saturated carbocycles. The van der Waals surface area contributed by atoms with E-state index in [4.69, 9.17) is 5.73 Å². The Kier molecular flexibility index (Phi) is 9.79. The lowest BCUT2D eigenvalue weighted by Gasteiger charge is -2.30. The first kappa shape index (κ1) is 31.3. The first-order chi connectivity index (χ1) is 21.7. The fourth-order valence-electron chi connectivity index (χ4n) is 5.80. The summed E-state index contributed by atoms with van der Waals surface area (Å²) in [6.07, 6.45) is 3.14. The summed E-state index contributed by atoms with van der Waals surface area (Å²) < 4.78 is 0. The predicted molar refractivity (Wildman–Crippen MR) is 168 cm³/mol. The van der Waals surface area contributed by atoms with Gasteiger partial charge in [0.2, 0.25) is 17.7 Å². The number of H-pyrrole nitrogens is 1. The Balaban J connectivity index is 1.34. The van der Waals surface area contributed by atoms with Gasteiger partial charge in [-0.1, -0.05) is 60.7 Å². The van der Waals surface area contributed by atoms with Gasteiger partial charge in [0, 0.05) is 36.5 Å². The molecular weight excluding hydrogens is 574 g/mol. The minimum absolute atomic E-state index is 0.0973. The zero-order chi connectivity index (χ0) is 31.9. The molecule has 11 heteroatoms. The lowest BCUT2D eigenvalue weighted by atomic mass is 10.0. The second-order valence-electron chi connectivity index (χ2n) is 11.4. The topological polar surface area (TPSA) is 178 Å². The van der Waals surface area contributed by atoms with E-state index in [-0.39, 0.29) is 31.6 Å². The third-order valence-corrected chi connectivity index (χ3v) is 8.18. The number of aromatic nitrogens is 1. The SMILES string of the molecule is NC(Cc1ccc(O)cc1)C(=O)NC(Cc1c[nH]c2ccccc12)C(=O)N1CCCC1C(=O)NC(Cc1ccccc1)C(=O)O. The third kappa shape index (κ3) is 7.68. The summed E-state index contributed by atoms with van der Waals surface area (Å²) in [7, 11) is 0. The Morgan fingerprint density at radius 2 is 1.56 bits per heavy atom. The Bertz CT molecular complexity index is 1650. The molecule has 1 fully saturated rings. The summed E-state index contributed by atoms with van der Waals surface area (Å²) >= 11 is 0. The summed E-state index contributed by atoms with van der Waals surface area (Å²) in [4.78, 5) is 57.5. The van der Waals surface area contributed by atoms with Gasteiger partial charge in [-0.25, -0.2) is 4.79 Å². The smallest absolute Gasteiger partial charge is 0.326 e. The summed E-state index contributed by atoms with van der Waals surface area (Å²) in [6.45, 7) is 0.285. The maximum atomic E-state index is 14.1. The van der Waals surface area contributed by atoms with Crippen LogP contribution in [0.4, 0.5) is 0 Å². The minimum atomic E-state index is -1.17. The summed E-state index contributed by atoms with van der Waals surface area (Å²) in [6, 6.07) is 18.9. The highest BCUT2D eigenvalue weighted by atomic mass is 16.4. The van der Waals surface area contributed by atoms with E-state index in [0.29, 0.717) is 12.8 Å². The summed E-state index contributed by atoms with van der Waals surface area (Å²) in [5, 5.41) is 25.8. The van der Waals surface area contributed by atoms with Gasteiger partial charge in [0.25, 0.3) is 0 Å². The molecule has 1 saturated heterocycles. The van der Waals surface area contributed by atoms with Gasteiger partial charge in [-0.2, -0.15) is 0 Å². The average Bonchev–Trinajstić information content (AvgIpc) is 3.69. The molecule has 7 N–H and O–H groups in total. The Morgan fingerprint density at radius 1 is 0.867 bits per heavy atom. The van der Waals surface area contributed by atoms with E-state index in [1.807, 2.05) is 30.3 Å². The van der Waals surface area contributed by atoms with Crippen molar-refractivity contribution in [3.8, 4) is 5.75 Å². The number of aromatic amines is 1. The number of hydrogen-bond acceptors (Lipinski definition) is 6. The van der Waals surface area contributed by atoms with Crippen LogP contribution in [0.5, 0.6) is 5.75 Å². The lowest BCUT2D eigenvalue weighted by Crippen LogP contribution is -2.57. The van der Waals surface area contributed by atoms with E-state index in [0.717, 1.165) is 27.6 Å². The monoisotopic (exact) mass is 611 g/mol. The van der Waals surface area contributed by atoms with Gasteiger partial charge in [-0.05, 0) is 54.2 Å². The molecule has 0 radical (unpaired) electrons. The van der Waals surface area contributed by atoms with Crippen molar-refractivity contribution in [3.63, 3.8) is 0 Å². The van der Waals surface area contributed by atoms with Crippen LogP contribution in [0.1, 0.15) is 29.5 Å². The number of hydrogen-bond donors (Lipinski definition) is 6. The van der Waals surface area contributed by atoms with Crippen molar-refractivity contribution in [1.29, 1.82) is 0 Å². The Morgan fingerprint density at radius 3 is 2.29 bits per heavy atom. The number of carbonyl (C=O) groups is 4. The molecule has 0 aliphatic carbocycles. The van der Waals surface area contributed by atoms with Crippen molar-refractivity contribution in [3.05, 3.63) is 102 Å². The highest BCUT2D eigenvalue weighted by Gasteiger charge is 2.39. The van der Waals surface area contributed by atoms with Crippen LogP contribution in [0.2, 0.25) is 0 Å². The van der Waals surface area contributed by atoms with Crippen LogP contribution in [0.3, 0.4) is 0 Å². The number of carboxylic acid groups (broad SMARTS) is 1. The zero-order valence-corrected chi connectivity index (χ0v) is 24.7. The number of likely N-dealkylation sites (tertiary alicyclic amines) is 1. The first-order valence-electron chi connectivity index (χ1n) is 15.0. The van der Waals surface area contributed by atoms with Crippen molar-refractivity contribution < 1.29 is 29.4 Å². The molecular formula is C34H37N5O6. The van der Waals surface area contributed by atoms with Crippen LogP contribution in [-0.4, -0.2) is 74.5 Å². The van der Waals surface area contributed by atoms with Gasteiger partial charge >= 0.3 is 5.97 Å². The second-order valence-corrected chi connectivity index (χ2v) is 11.4. The molecule has 3 aromatic carbocycles. The molecule has 2 heterocycles. The van der Waals surface area contributed by atoms with Crippen molar-refractivity contribution in [2.75, 3.05) is 6.54 Å². The molecule has 45 heavy (non-hydrogen) atoms. The quantitative estimate of drug-likeness (QED) is 0.142. The fraction of sp³-hybridized carbons (Fsp3) is 0.294. The van der Waals surface area contributed by atoms with Gasteiger partial charge < -0.3 is 36.5 Å². The average molecular weight is 612 g/mol. The molecule has 1 aliphatic rings. The number of carboxylic acids is 1. The van der Waals surface area contributed by atoms with Crippen LogP contribution in [0.15, 0.2) is 85.1 Å². The number of para-hydroxylation sites is 1. The minimum Gasteiger partial charge on any atom is -0.508 e. The summed E-state index contributed by atoms with van der Waals surface area (Å²) in [5.41, 5.74) is 9.44. The Hall–Kier alpha value is -5.16. The molecule has 4 aromatic rings. The number of carbonyl (C=O) groups excluding carboxylic acids is 3. The number of rotatable bonds is 12. The van der Waals surface area contributed by atoms with Crippen LogP contribution in [0, 0.1) is 0 Å². The van der Waals surface area contributed by atoms with E-state index >= 15 is 0 Å². The van der Waals surface area contributed by atoms with Crippen molar-refractivity contribution in [2.24, 2.45) is 5.73 Å². The third-order valence-electron chi connectivity index (χ3n) is 8.18. The normalized spacial score (nSPS) is 16.6. The zero-order valence-electron chi connectivity index (χ0n) is 24.7. The standard InChI is InChI=1S/C34H37N5O6/c35-26(17-22-12-14-24(40)15-13-22)31(41)37-28(19-23-20-36-27-10-5-4-9-25(23)27)33(43)39-16-6-11-30(39)32(42)38-29(34(44)45)18-21-7-2-1-3-8-21/h1-5,7-10,12-15,20,26,28-30,36,40H,6,11,16-19,35H2,(H,37,41)(H,38,42)(H,44,45). The number of fused-ring (bicyclic) bond motifs is 1. The van der Waals surface area contributed by atoms with Crippen LogP contribution >= 0.6 is 0 Å². The highest BCUT2D eigenvalue weighted by Crippen LogP contribution is 2.23. The largest absolute Gasteiger partial charge is 0.508 e. The van der Waals surface area contributed by atoms with Gasteiger partial charge in [-0.15, -0.1) is 0 Å². The van der Waals surface area contributed by atoms with Crippen molar-refractivity contribution >= 4 is 34.6 Å². The Labute approximate surface area is 260 Å². The van der Waals surface area contributed by atoms with Crippen molar-refractivity contribution in [1.82, 2.24) is 20.5 Å². The number of amides is 3. The molecule has 1 aromatic heterocycles. The van der Waals surface area contributed by atoms with E-state index in [9.17, 15) is 29.4 Å². The molecule has 4 unspecified atom stereocenters. The number of benzene rings is 3. The fourth-order valence-corrected chi connectivity index (χ4v) is 5.80. The second kappa shape index (κ2) is 14.1.